The SMILES string of the molecule is CCCC(C)N1CC=C[C@]23O[C@@H]4/C=C\CCC(=O)N[C@H](C)[C@@H](c5ccccc5)OC(=O)[C@@H]4[C@H]2C(=O)N(CCCCO)[C@@H]3C1=O. The van der Waals surface area contributed by atoms with Gasteiger partial charge in [0, 0.05) is 32.2 Å². The van der Waals surface area contributed by atoms with Gasteiger partial charge in [0.25, 0.3) is 0 Å². The highest BCUT2D eigenvalue weighted by Gasteiger charge is 2.71. The molecule has 2 fully saturated rings. The number of unbranched alkanes of at least 4 members (excludes halogenated alkanes) is 1. The van der Waals surface area contributed by atoms with Crippen molar-refractivity contribution in [1.29, 1.82) is 0 Å². The Kier molecular flexibility index (Phi) is 9.90. The molecule has 44 heavy (non-hydrogen) atoms. The number of rotatable bonds is 8. The van der Waals surface area contributed by atoms with Crippen molar-refractivity contribution in [1.82, 2.24) is 15.1 Å². The number of amides is 3. The maximum Gasteiger partial charge on any atom is 0.313 e. The molecule has 0 aliphatic carbocycles. The van der Waals surface area contributed by atoms with E-state index in [0.29, 0.717) is 25.8 Å². The first-order valence-corrected chi connectivity index (χ1v) is 16.0. The average Bonchev–Trinajstić information content (AvgIpc) is 3.38. The summed E-state index contributed by atoms with van der Waals surface area (Å²) >= 11 is 0. The first-order chi connectivity index (χ1) is 21.2. The van der Waals surface area contributed by atoms with E-state index in [4.69, 9.17) is 9.47 Å². The van der Waals surface area contributed by atoms with Gasteiger partial charge >= 0.3 is 5.97 Å². The Morgan fingerprint density at radius 3 is 2.59 bits per heavy atom. The van der Waals surface area contributed by atoms with Gasteiger partial charge in [0.15, 0.2) is 0 Å². The minimum Gasteiger partial charge on any atom is -0.455 e. The molecule has 1 aromatic carbocycles. The zero-order chi connectivity index (χ0) is 31.4. The smallest absolute Gasteiger partial charge is 0.313 e. The number of aliphatic hydroxyl groups excluding tert-OH is 1. The van der Waals surface area contributed by atoms with Crippen molar-refractivity contribution in [3.63, 3.8) is 0 Å². The molecule has 4 aliphatic heterocycles. The van der Waals surface area contributed by atoms with E-state index in [1.165, 1.54) is 0 Å². The lowest BCUT2D eigenvalue weighted by Crippen LogP contribution is -2.56. The van der Waals surface area contributed by atoms with E-state index < -0.39 is 47.7 Å². The summed E-state index contributed by atoms with van der Waals surface area (Å²) in [6.45, 7) is 6.50. The van der Waals surface area contributed by atoms with Crippen LogP contribution in [0.5, 0.6) is 0 Å². The molecule has 8 atom stereocenters. The molecule has 1 spiro atoms. The van der Waals surface area contributed by atoms with Crippen LogP contribution >= 0.6 is 0 Å². The molecule has 4 heterocycles. The highest BCUT2D eigenvalue weighted by atomic mass is 16.6. The molecule has 238 valence electrons. The molecule has 0 bridgehead atoms. The molecule has 0 aromatic heterocycles. The zero-order valence-corrected chi connectivity index (χ0v) is 25.9. The molecule has 2 N–H and O–H groups in total. The van der Waals surface area contributed by atoms with Gasteiger partial charge in [0.05, 0.1) is 18.1 Å². The normalized spacial score (nSPS) is 33.7. The summed E-state index contributed by atoms with van der Waals surface area (Å²) in [6.07, 6.45) is 9.02. The largest absolute Gasteiger partial charge is 0.455 e. The van der Waals surface area contributed by atoms with Crippen LogP contribution in [0.1, 0.15) is 71.0 Å². The average molecular weight is 608 g/mol. The van der Waals surface area contributed by atoms with Gasteiger partial charge in [0.1, 0.15) is 23.7 Å². The highest BCUT2D eigenvalue weighted by Crippen LogP contribution is 2.53. The summed E-state index contributed by atoms with van der Waals surface area (Å²) in [5.74, 6) is -3.27. The second-order valence-corrected chi connectivity index (χ2v) is 12.4. The number of hydrogen-bond donors (Lipinski definition) is 2. The number of nitrogens with one attached hydrogen (secondary N) is 1. The number of hydrogen-bond acceptors (Lipinski definition) is 7. The maximum atomic E-state index is 14.4. The maximum absolute atomic E-state index is 14.4. The lowest BCUT2D eigenvalue weighted by atomic mass is 9.77. The number of aliphatic hydroxyl groups is 1. The van der Waals surface area contributed by atoms with Crippen molar-refractivity contribution < 1.29 is 33.8 Å². The highest BCUT2D eigenvalue weighted by molar-refractivity contribution is 5.99. The number of ether oxygens (including phenoxy) is 2. The standard InChI is InChI=1S/C34H45N3O7/c1-4-13-22(2)36-20-12-18-34-28(31(40)37(19-10-11-21-38)30(34)32(36)41)27-25(44-34)16-8-9-17-26(39)35-23(3)29(43-33(27)42)24-14-6-5-7-15-24/h5-8,12,14-16,18,22-23,25,27-30,38H,4,9-11,13,17,19-21H2,1-3H3,(H,35,39)/b16-8-/t22?,23-,25-,27+,28+,29+,30-,34+/m1/s1. The van der Waals surface area contributed by atoms with Crippen LogP contribution in [-0.2, 0) is 28.7 Å². The molecule has 2 saturated heterocycles. The summed E-state index contributed by atoms with van der Waals surface area (Å²) in [7, 11) is 0. The molecule has 0 saturated carbocycles. The van der Waals surface area contributed by atoms with Crippen molar-refractivity contribution in [2.75, 3.05) is 19.7 Å². The third kappa shape index (κ3) is 5.94. The monoisotopic (exact) mass is 607 g/mol. The predicted molar refractivity (Wildman–Crippen MR) is 163 cm³/mol. The minimum atomic E-state index is -1.37. The summed E-state index contributed by atoms with van der Waals surface area (Å²) < 4.78 is 13.0. The van der Waals surface area contributed by atoms with E-state index in [1.807, 2.05) is 49.4 Å². The van der Waals surface area contributed by atoms with Crippen LogP contribution in [0.15, 0.2) is 54.6 Å². The molecule has 4 aliphatic rings. The zero-order valence-electron chi connectivity index (χ0n) is 25.9. The quantitative estimate of drug-likeness (QED) is 0.264. The Bertz CT molecular complexity index is 1280. The molecule has 10 heteroatoms. The Labute approximate surface area is 259 Å². The van der Waals surface area contributed by atoms with E-state index in [1.54, 1.807) is 28.9 Å². The molecular formula is C34H45N3O7. The van der Waals surface area contributed by atoms with Crippen LogP contribution in [0.25, 0.3) is 0 Å². The second-order valence-electron chi connectivity index (χ2n) is 12.4. The van der Waals surface area contributed by atoms with E-state index in [9.17, 15) is 24.3 Å². The summed E-state index contributed by atoms with van der Waals surface area (Å²) in [5.41, 5.74) is -0.646. The lowest BCUT2D eigenvalue weighted by Gasteiger charge is -2.37. The van der Waals surface area contributed by atoms with Gasteiger partial charge < -0.3 is 29.7 Å². The first kappa shape index (κ1) is 31.9. The molecule has 10 nitrogen and oxygen atoms in total. The van der Waals surface area contributed by atoms with Crippen molar-refractivity contribution in [2.45, 2.75) is 95.2 Å². The molecule has 1 unspecified atom stereocenters. The third-order valence-corrected chi connectivity index (χ3v) is 9.42. The fourth-order valence-corrected chi connectivity index (χ4v) is 7.33. The van der Waals surface area contributed by atoms with Crippen molar-refractivity contribution in [3.05, 3.63) is 60.2 Å². The van der Waals surface area contributed by atoms with Gasteiger partial charge in [-0.1, -0.05) is 68.0 Å². The number of carbonyl (C=O) groups excluding carboxylic acids is 4. The van der Waals surface area contributed by atoms with E-state index in [2.05, 4.69) is 12.2 Å². The summed E-state index contributed by atoms with van der Waals surface area (Å²) in [4.78, 5) is 59.2. The van der Waals surface area contributed by atoms with Crippen LogP contribution in [0.3, 0.4) is 0 Å². The number of fused-ring (bicyclic) bond motifs is 2. The van der Waals surface area contributed by atoms with E-state index in [-0.39, 0.29) is 43.3 Å². The van der Waals surface area contributed by atoms with Gasteiger partial charge in [-0.05, 0) is 45.1 Å². The van der Waals surface area contributed by atoms with Gasteiger partial charge in [-0.3, -0.25) is 19.2 Å². The molecule has 1 aromatic rings. The van der Waals surface area contributed by atoms with Crippen LogP contribution in [0, 0.1) is 11.8 Å². The number of allylic oxidation sites excluding steroid dienone is 1. The topological polar surface area (TPSA) is 125 Å². The second kappa shape index (κ2) is 13.6. The van der Waals surface area contributed by atoms with Crippen molar-refractivity contribution in [3.8, 4) is 0 Å². The molecule has 0 radical (unpaired) electrons. The minimum absolute atomic E-state index is 0.0251. The molecule has 5 rings (SSSR count). The third-order valence-electron chi connectivity index (χ3n) is 9.42. The number of nitrogens with zero attached hydrogens (tertiary/aromatic N) is 2. The Balaban J connectivity index is 1.58. The van der Waals surface area contributed by atoms with E-state index in [0.717, 1.165) is 18.4 Å². The number of benzene rings is 1. The van der Waals surface area contributed by atoms with E-state index >= 15 is 0 Å². The number of likely N-dealkylation sites (tertiary alicyclic amines) is 1. The Morgan fingerprint density at radius 2 is 1.86 bits per heavy atom. The van der Waals surface area contributed by atoms with Gasteiger partial charge in [-0.25, -0.2) is 0 Å². The van der Waals surface area contributed by atoms with Gasteiger partial charge in [0.2, 0.25) is 17.7 Å². The number of esters is 1. The van der Waals surface area contributed by atoms with Crippen LogP contribution in [0.4, 0.5) is 0 Å². The molecular weight excluding hydrogens is 562 g/mol. The fourth-order valence-electron chi connectivity index (χ4n) is 7.33. The predicted octanol–water partition coefficient (Wildman–Crippen LogP) is 3.07. The Morgan fingerprint density at radius 1 is 1.09 bits per heavy atom. The molecule has 3 amide bonds. The fraction of sp³-hybridized carbons (Fsp3) is 0.588. The Hall–Kier alpha value is -3.50. The van der Waals surface area contributed by atoms with Crippen molar-refractivity contribution >= 4 is 23.7 Å². The van der Waals surface area contributed by atoms with Crippen molar-refractivity contribution in [2.24, 2.45) is 11.8 Å². The number of cyclic esters (lactones) is 1. The summed E-state index contributed by atoms with van der Waals surface area (Å²) in [5, 5.41) is 12.4. The van der Waals surface area contributed by atoms with Gasteiger partial charge in [-0.2, -0.15) is 0 Å². The number of carbonyl (C=O) groups is 4. The summed E-state index contributed by atoms with van der Waals surface area (Å²) in [6, 6.07) is 7.71. The van der Waals surface area contributed by atoms with Crippen LogP contribution in [0.2, 0.25) is 0 Å². The van der Waals surface area contributed by atoms with Gasteiger partial charge in [-0.15, -0.1) is 0 Å². The van der Waals surface area contributed by atoms with Crippen LogP contribution in [-0.4, -0.2) is 88.1 Å². The first-order valence-electron chi connectivity index (χ1n) is 16.0. The lowest BCUT2D eigenvalue weighted by molar-refractivity contribution is -0.161. The van der Waals surface area contributed by atoms with Crippen LogP contribution < -0.4 is 5.32 Å².